The number of carbonyl (C=O) groups is 1. The predicted octanol–water partition coefficient (Wildman–Crippen LogP) is 3.08. The number of hydrogen-bond donors (Lipinski definition) is 0. The first-order chi connectivity index (χ1) is 13.3. The van der Waals surface area contributed by atoms with Crippen LogP contribution < -0.4 is 0 Å². The maximum atomic E-state index is 12.8. The number of pyridine rings is 1. The first kappa shape index (κ1) is 21.0. The highest BCUT2D eigenvalue weighted by Crippen LogP contribution is 2.27. The number of thioether (sulfide) groups is 1. The van der Waals surface area contributed by atoms with Gasteiger partial charge < -0.3 is 4.74 Å². The van der Waals surface area contributed by atoms with Gasteiger partial charge >= 0.3 is 0 Å². The van der Waals surface area contributed by atoms with Gasteiger partial charge in [0.15, 0.2) is 5.78 Å². The van der Waals surface area contributed by atoms with Crippen molar-refractivity contribution in [2.75, 3.05) is 26.3 Å². The average Bonchev–Trinajstić information content (AvgIpc) is 2.70. The van der Waals surface area contributed by atoms with Crippen LogP contribution in [-0.2, 0) is 14.8 Å². The molecule has 0 saturated carbocycles. The van der Waals surface area contributed by atoms with E-state index in [1.807, 2.05) is 39.0 Å². The van der Waals surface area contributed by atoms with Gasteiger partial charge in [-0.25, -0.2) is 13.4 Å². The number of morpholine rings is 1. The molecule has 1 aromatic heterocycles. The van der Waals surface area contributed by atoms with Gasteiger partial charge in [-0.1, -0.05) is 29.5 Å². The van der Waals surface area contributed by atoms with Crippen LogP contribution in [0.1, 0.15) is 28.4 Å². The lowest BCUT2D eigenvalue weighted by Gasteiger charge is -2.25. The van der Waals surface area contributed by atoms with Crippen LogP contribution in [0.4, 0.5) is 0 Å². The van der Waals surface area contributed by atoms with Crippen LogP contribution in [0.15, 0.2) is 46.5 Å². The number of ketones is 1. The van der Waals surface area contributed by atoms with Crippen LogP contribution in [0.25, 0.3) is 0 Å². The molecule has 0 unspecified atom stereocenters. The Bertz CT molecular complexity index is 953. The molecule has 0 aliphatic carbocycles. The van der Waals surface area contributed by atoms with Crippen molar-refractivity contribution in [2.45, 2.75) is 35.9 Å². The van der Waals surface area contributed by atoms with E-state index in [0.717, 1.165) is 11.1 Å². The summed E-state index contributed by atoms with van der Waals surface area (Å²) in [5, 5.41) is 0.293. The van der Waals surface area contributed by atoms with E-state index in [1.165, 1.54) is 22.3 Å². The summed E-state index contributed by atoms with van der Waals surface area (Å²) in [6.45, 7) is 7.23. The molecule has 1 fully saturated rings. The van der Waals surface area contributed by atoms with Gasteiger partial charge in [-0.3, -0.25) is 4.79 Å². The Morgan fingerprint density at radius 2 is 1.89 bits per heavy atom. The maximum Gasteiger partial charge on any atom is 0.244 e. The fourth-order valence-electron chi connectivity index (χ4n) is 2.98. The summed E-state index contributed by atoms with van der Waals surface area (Å²) >= 11 is 1.33. The third kappa shape index (κ3) is 4.63. The van der Waals surface area contributed by atoms with E-state index in [2.05, 4.69) is 4.98 Å². The van der Waals surface area contributed by atoms with Crippen LogP contribution in [0.2, 0.25) is 0 Å². The molecule has 6 nitrogen and oxygen atoms in total. The number of aryl methyl sites for hydroxylation is 2. The van der Waals surface area contributed by atoms with Crippen molar-refractivity contribution in [3.63, 3.8) is 0 Å². The van der Waals surface area contributed by atoms with E-state index in [9.17, 15) is 13.2 Å². The highest BCUT2D eigenvalue weighted by molar-refractivity contribution is 8.00. The molecule has 8 heteroatoms. The monoisotopic (exact) mass is 420 g/mol. The van der Waals surface area contributed by atoms with Crippen LogP contribution in [0.5, 0.6) is 0 Å². The number of hydrogen-bond acceptors (Lipinski definition) is 6. The van der Waals surface area contributed by atoms with Crippen molar-refractivity contribution in [3.05, 3.63) is 53.2 Å². The van der Waals surface area contributed by atoms with Gasteiger partial charge in [-0.15, -0.1) is 0 Å². The van der Waals surface area contributed by atoms with Gasteiger partial charge in [0, 0.05) is 24.8 Å². The van der Waals surface area contributed by atoms with Gasteiger partial charge in [0.1, 0.15) is 4.90 Å². The Hall–Kier alpha value is -1.74. The number of carbonyl (C=O) groups excluding carboxylic acids is 1. The lowest BCUT2D eigenvalue weighted by Crippen LogP contribution is -2.40. The molecule has 1 aliphatic heterocycles. The van der Waals surface area contributed by atoms with Gasteiger partial charge in [0.25, 0.3) is 0 Å². The summed E-state index contributed by atoms with van der Waals surface area (Å²) in [6.07, 6.45) is 1.36. The molecule has 1 aliphatic rings. The molecular weight excluding hydrogens is 396 g/mol. The Balaban J connectivity index is 1.71. The maximum absolute atomic E-state index is 12.8. The van der Waals surface area contributed by atoms with Gasteiger partial charge in [-0.2, -0.15) is 4.31 Å². The lowest BCUT2D eigenvalue weighted by molar-refractivity contribution is 0.0730. The third-order valence-electron chi connectivity index (χ3n) is 4.64. The second-order valence-electron chi connectivity index (χ2n) is 6.79. The minimum Gasteiger partial charge on any atom is -0.379 e. The molecule has 0 amide bonds. The number of rotatable bonds is 6. The van der Waals surface area contributed by atoms with E-state index in [4.69, 9.17) is 4.74 Å². The van der Waals surface area contributed by atoms with Gasteiger partial charge in [0.2, 0.25) is 10.0 Å². The van der Waals surface area contributed by atoms with E-state index < -0.39 is 10.0 Å². The molecule has 2 heterocycles. The van der Waals surface area contributed by atoms with Crippen LogP contribution in [0.3, 0.4) is 0 Å². The number of benzene rings is 1. The van der Waals surface area contributed by atoms with E-state index in [-0.39, 0.29) is 15.9 Å². The van der Waals surface area contributed by atoms with Crippen LogP contribution in [-0.4, -0.2) is 55.0 Å². The number of aromatic nitrogens is 1. The largest absolute Gasteiger partial charge is 0.379 e. The second-order valence-corrected chi connectivity index (χ2v) is 10.1. The normalized spacial score (nSPS) is 16.7. The number of Topliss-reactive ketones (excluding diaryl/α,β-unsaturated/α-hetero) is 1. The quantitative estimate of drug-likeness (QED) is 0.528. The standard InChI is InChI=1S/C20H24N2O4S2/c1-14-4-5-15(2)18(12-14)20(23)16(3)27-19-7-6-17(13-21-19)28(24,25)22-8-10-26-11-9-22/h4-7,12-13,16H,8-11H2,1-3H3/t16-/m0/s1. The molecule has 1 atom stereocenters. The summed E-state index contributed by atoms with van der Waals surface area (Å²) in [5.41, 5.74) is 2.71. The highest BCUT2D eigenvalue weighted by atomic mass is 32.2. The number of nitrogens with zero attached hydrogens (tertiary/aromatic N) is 2. The molecule has 0 bridgehead atoms. The molecule has 1 saturated heterocycles. The Morgan fingerprint density at radius 3 is 2.54 bits per heavy atom. The molecular formula is C20H24N2O4S2. The number of sulfonamides is 1. The molecule has 2 aromatic rings. The minimum atomic E-state index is -3.56. The number of ether oxygens (including phenoxy) is 1. The van der Waals surface area contributed by atoms with Crippen molar-refractivity contribution in [3.8, 4) is 0 Å². The van der Waals surface area contributed by atoms with Crippen LogP contribution >= 0.6 is 11.8 Å². The Labute approximate surface area is 170 Å². The minimum absolute atomic E-state index is 0.0398. The average molecular weight is 421 g/mol. The Morgan fingerprint density at radius 1 is 1.18 bits per heavy atom. The molecule has 1 aromatic carbocycles. The SMILES string of the molecule is Cc1ccc(C)c(C(=O)[C@H](C)Sc2ccc(S(=O)(=O)N3CCOCC3)cn2)c1. The van der Waals surface area contributed by atoms with E-state index in [0.29, 0.717) is 36.9 Å². The third-order valence-corrected chi connectivity index (χ3v) is 7.58. The topological polar surface area (TPSA) is 76.6 Å². The Kier molecular flexibility index (Phi) is 6.54. The van der Waals surface area contributed by atoms with Crippen molar-refractivity contribution >= 4 is 27.6 Å². The van der Waals surface area contributed by atoms with E-state index in [1.54, 1.807) is 12.1 Å². The van der Waals surface area contributed by atoms with Crippen molar-refractivity contribution < 1.29 is 17.9 Å². The molecule has 28 heavy (non-hydrogen) atoms. The van der Waals surface area contributed by atoms with E-state index >= 15 is 0 Å². The zero-order chi connectivity index (χ0) is 20.3. The van der Waals surface area contributed by atoms with Gasteiger partial charge in [0.05, 0.1) is 23.5 Å². The van der Waals surface area contributed by atoms with Crippen LogP contribution in [0, 0.1) is 13.8 Å². The van der Waals surface area contributed by atoms with Crippen molar-refractivity contribution in [1.82, 2.24) is 9.29 Å². The summed E-state index contributed by atoms with van der Waals surface area (Å²) < 4.78 is 31.9. The zero-order valence-corrected chi connectivity index (χ0v) is 17.8. The first-order valence-electron chi connectivity index (χ1n) is 9.11. The van der Waals surface area contributed by atoms with Crippen molar-refractivity contribution in [1.29, 1.82) is 0 Å². The van der Waals surface area contributed by atoms with Gasteiger partial charge in [-0.05, 0) is 44.5 Å². The van der Waals surface area contributed by atoms with Crippen molar-refractivity contribution in [2.24, 2.45) is 0 Å². The molecule has 150 valence electrons. The summed E-state index contributed by atoms with van der Waals surface area (Å²) in [5.74, 6) is 0.0398. The summed E-state index contributed by atoms with van der Waals surface area (Å²) in [4.78, 5) is 17.2. The summed E-state index contributed by atoms with van der Waals surface area (Å²) in [6, 6.07) is 9.04. The predicted molar refractivity (Wildman–Crippen MR) is 109 cm³/mol. The molecule has 0 radical (unpaired) electrons. The highest BCUT2D eigenvalue weighted by Gasteiger charge is 2.27. The fraction of sp³-hybridized carbons (Fsp3) is 0.400. The lowest BCUT2D eigenvalue weighted by atomic mass is 10.0. The molecule has 0 spiro atoms. The molecule has 3 rings (SSSR count). The zero-order valence-electron chi connectivity index (χ0n) is 16.2. The smallest absolute Gasteiger partial charge is 0.244 e. The molecule has 0 N–H and O–H groups in total. The fourth-order valence-corrected chi connectivity index (χ4v) is 5.19. The first-order valence-corrected chi connectivity index (χ1v) is 11.4. The second kappa shape index (κ2) is 8.73. The summed E-state index contributed by atoms with van der Waals surface area (Å²) in [7, 11) is -3.56.